The van der Waals surface area contributed by atoms with Crippen LogP contribution < -0.4 is 0 Å². The van der Waals surface area contributed by atoms with Crippen LogP contribution in [-0.2, 0) is 9.84 Å². The number of Topliss-reactive ketones (excluding diaryl/α,β-unsaturated/α-hetero) is 1. The standard InChI is InChI=1S/C13H16O3S/c1-10(14)11-2-4-12(5-3-11)13-6-8-17(15,16)9-7-13/h2-5,13H,6-9H2,1H3. The maximum atomic E-state index is 11.3. The van der Waals surface area contributed by atoms with Crippen molar-refractivity contribution in [2.45, 2.75) is 25.7 Å². The van der Waals surface area contributed by atoms with Gasteiger partial charge in [-0.3, -0.25) is 4.79 Å². The molecule has 17 heavy (non-hydrogen) atoms. The fourth-order valence-electron chi connectivity index (χ4n) is 2.21. The van der Waals surface area contributed by atoms with E-state index in [-0.39, 0.29) is 17.3 Å². The van der Waals surface area contributed by atoms with Crippen molar-refractivity contribution in [3.63, 3.8) is 0 Å². The first-order valence-corrected chi connectivity index (χ1v) is 7.61. The van der Waals surface area contributed by atoms with Crippen LogP contribution in [-0.4, -0.2) is 25.7 Å². The van der Waals surface area contributed by atoms with E-state index in [0.717, 1.165) is 5.56 Å². The summed E-state index contributed by atoms with van der Waals surface area (Å²) in [6.07, 6.45) is 1.39. The molecular weight excluding hydrogens is 236 g/mol. The van der Waals surface area contributed by atoms with Crippen LogP contribution in [0.3, 0.4) is 0 Å². The Morgan fingerprint density at radius 1 is 1.12 bits per heavy atom. The van der Waals surface area contributed by atoms with Crippen molar-refractivity contribution in [3.05, 3.63) is 35.4 Å². The Kier molecular flexibility index (Phi) is 3.33. The smallest absolute Gasteiger partial charge is 0.159 e. The molecule has 92 valence electrons. The van der Waals surface area contributed by atoms with Gasteiger partial charge in [0.05, 0.1) is 11.5 Å². The fraction of sp³-hybridized carbons (Fsp3) is 0.462. The molecule has 1 aromatic rings. The number of benzene rings is 1. The predicted molar refractivity (Wildman–Crippen MR) is 67.1 cm³/mol. The summed E-state index contributed by atoms with van der Waals surface area (Å²) in [5.41, 5.74) is 1.85. The zero-order valence-electron chi connectivity index (χ0n) is 9.85. The van der Waals surface area contributed by atoms with Crippen LogP contribution in [0.15, 0.2) is 24.3 Å². The maximum absolute atomic E-state index is 11.3. The third-order valence-corrected chi connectivity index (χ3v) is 5.06. The Labute approximate surface area is 102 Å². The van der Waals surface area contributed by atoms with Crippen LogP contribution in [0.1, 0.15) is 41.6 Å². The van der Waals surface area contributed by atoms with E-state index < -0.39 is 9.84 Å². The zero-order valence-corrected chi connectivity index (χ0v) is 10.7. The minimum atomic E-state index is -2.80. The molecule has 0 unspecified atom stereocenters. The van der Waals surface area contributed by atoms with Gasteiger partial charge < -0.3 is 0 Å². The molecule has 3 nitrogen and oxygen atoms in total. The number of rotatable bonds is 2. The number of sulfone groups is 1. The molecule has 0 atom stereocenters. The second kappa shape index (κ2) is 4.61. The van der Waals surface area contributed by atoms with Gasteiger partial charge in [0.25, 0.3) is 0 Å². The van der Waals surface area contributed by atoms with Crippen LogP contribution in [0.4, 0.5) is 0 Å². The van der Waals surface area contributed by atoms with Crippen LogP contribution in [0.2, 0.25) is 0 Å². The van der Waals surface area contributed by atoms with Gasteiger partial charge in [0.2, 0.25) is 0 Å². The lowest BCUT2D eigenvalue weighted by Crippen LogP contribution is -2.22. The number of hydrogen-bond donors (Lipinski definition) is 0. The van der Waals surface area contributed by atoms with E-state index in [2.05, 4.69) is 0 Å². The molecule has 0 radical (unpaired) electrons. The first kappa shape index (κ1) is 12.3. The summed E-state index contributed by atoms with van der Waals surface area (Å²) >= 11 is 0. The Bertz CT molecular complexity index is 500. The molecule has 0 saturated carbocycles. The summed E-state index contributed by atoms with van der Waals surface area (Å²) in [7, 11) is -2.80. The number of carbonyl (C=O) groups excluding carboxylic acids is 1. The quantitative estimate of drug-likeness (QED) is 0.758. The lowest BCUT2D eigenvalue weighted by molar-refractivity contribution is 0.101. The van der Waals surface area contributed by atoms with E-state index in [1.165, 1.54) is 0 Å². The van der Waals surface area contributed by atoms with Gasteiger partial charge in [0, 0.05) is 5.56 Å². The van der Waals surface area contributed by atoms with Gasteiger partial charge in [0.1, 0.15) is 9.84 Å². The molecule has 1 fully saturated rings. The molecule has 0 amide bonds. The normalized spacial score (nSPS) is 20.1. The second-order valence-electron chi connectivity index (χ2n) is 4.60. The largest absolute Gasteiger partial charge is 0.295 e. The van der Waals surface area contributed by atoms with Crippen LogP contribution in [0, 0.1) is 0 Å². The molecule has 4 heteroatoms. The van der Waals surface area contributed by atoms with Gasteiger partial charge in [-0.05, 0) is 31.2 Å². The molecule has 0 aromatic heterocycles. The molecule has 1 aliphatic heterocycles. The highest BCUT2D eigenvalue weighted by molar-refractivity contribution is 7.91. The monoisotopic (exact) mass is 252 g/mol. The van der Waals surface area contributed by atoms with E-state index in [9.17, 15) is 13.2 Å². The van der Waals surface area contributed by atoms with Crippen molar-refractivity contribution in [2.75, 3.05) is 11.5 Å². The lowest BCUT2D eigenvalue weighted by atomic mass is 9.92. The summed E-state index contributed by atoms with van der Waals surface area (Å²) in [4.78, 5) is 11.1. The summed E-state index contributed by atoms with van der Waals surface area (Å²) < 4.78 is 22.7. The van der Waals surface area contributed by atoms with Crippen molar-refractivity contribution in [1.29, 1.82) is 0 Å². The van der Waals surface area contributed by atoms with Gasteiger partial charge in [-0.2, -0.15) is 0 Å². The third-order valence-electron chi connectivity index (χ3n) is 3.34. The lowest BCUT2D eigenvalue weighted by Gasteiger charge is -2.22. The average Bonchev–Trinajstić information content (AvgIpc) is 2.29. The highest BCUT2D eigenvalue weighted by Gasteiger charge is 2.24. The zero-order chi connectivity index (χ0) is 12.5. The second-order valence-corrected chi connectivity index (χ2v) is 6.91. The molecule has 1 aliphatic rings. The van der Waals surface area contributed by atoms with Crippen LogP contribution in [0.25, 0.3) is 0 Å². The average molecular weight is 252 g/mol. The first-order chi connectivity index (χ1) is 7.98. The predicted octanol–water partition coefficient (Wildman–Crippen LogP) is 2.18. The van der Waals surface area contributed by atoms with Crippen LogP contribution >= 0.6 is 0 Å². The molecule has 1 aromatic carbocycles. The van der Waals surface area contributed by atoms with E-state index in [1.54, 1.807) is 6.92 Å². The highest BCUT2D eigenvalue weighted by Crippen LogP contribution is 2.29. The maximum Gasteiger partial charge on any atom is 0.159 e. The van der Waals surface area contributed by atoms with Crippen molar-refractivity contribution >= 4 is 15.6 Å². The number of carbonyl (C=O) groups is 1. The Hall–Kier alpha value is -1.16. The van der Waals surface area contributed by atoms with Crippen molar-refractivity contribution in [2.24, 2.45) is 0 Å². The minimum absolute atomic E-state index is 0.0581. The van der Waals surface area contributed by atoms with Crippen LogP contribution in [0.5, 0.6) is 0 Å². The Morgan fingerprint density at radius 3 is 2.12 bits per heavy atom. The highest BCUT2D eigenvalue weighted by atomic mass is 32.2. The van der Waals surface area contributed by atoms with E-state index in [4.69, 9.17) is 0 Å². The minimum Gasteiger partial charge on any atom is -0.295 e. The first-order valence-electron chi connectivity index (χ1n) is 5.79. The van der Waals surface area contributed by atoms with Gasteiger partial charge in [-0.25, -0.2) is 8.42 Å². The molecule has 0 spiro atoms. The van der Waals surface area contributed by atoms with Gasteiger partial charge >= 0.3 is 0 Å². The molecular formula is C13H16O3S. The number of hydrogen-bond acceptors (Lipinski definition) is 3. The van der Waals surface area contributed by atoms with Gasteiger partial charge in [-0.15, -0.1) is 0 Å². The molecule has 1 heterocycles. The summed E-state index contributed by atoms with van der Waals surface area (Å²) in [5.74, 6) is 0.945. The molecule has 1 saturated heterocycles. The van der Waals surface area contributed by atoms with Crippen molar-refractivity contribution < 1.29 is 13.2 Å². The van der Waals surface area contributed by atoms with E-state index >= 15 is 0 Å². The number of ketones is 1. The fourth-order valence-corrected chi connectivity index (χ4v) is 3.70. The van der Waals surface area contributed by atoms with Gasteiger partial charge in [0.15, 0.2) is 5.78 Å². The molecule has 0 bridgehead atoms. The SMILES string of the molecule is CC(=O)c1ccc(C2CCS(=O)(=O)CC2)cc1. The Balaban J connectivity index is 2.11. The third kappa shape index (κ3) is 2.94. The van der Waals surface area contributed by atoms with Crippen molar-refractivity contribution in [3.8, 4) is 0 Å². The summed E-state index contributed by atoms with van der Waals surface area (Å²) in [6.45, 7) is 1.54. The molecule has 0 N–H and O–H groups in total. The van der Waals surface area contributed by atoms with Gasteiger partial charge in [-0.1, -0.05) is 24.3 Å². The topological polar surface area (TPSA) is 51.2 Å². The Morgan fingerprint density at radius 2 is 1.65 bits per heavy atom. The molecule has 0 aliphatic carbocycles. The summed E-state index contributed by atoms with van der Waals surface area (Å²) in [6, 6.07) is 7.53. The van der Waals surface area contributed by atoms with E-state index in [0.29, 0.717) is 24.3 Å². The van der Waals surface area contributed by atoms with Crippen molar-refractivity contribution in [1.82, 2.24) is 0 Å². The summed E-state index contributed by atoms with van der Waals surface area (Å²) in [5, 5.41) is 0. The van der Waals surface area contributed by atoms with E-state index in [1.807, 2.05) is 24.3 Å². The molecule has 2 rings (SSSR count).